The SMILES string of the molecule is COC(=O)N[C@@H](Cc1ccccn1)C(=O)N1CCC[C@H]1c1ncc(-c2ccc(-c3ccc(C4=CN=C([C@@H]5CCCN5C(=O)[C@@H](NC(=O)OC)C(C)C)C4)cc3)cc2)[nH]1. The van der Waals surface area contributed by atoms with E-state index in [4.69, 9.17) is 19.5 Å². The van der Waals surface area contributed by atoms with E-state index in [1.165, 1.54) is 14.2 Å². The Bertz CT molecular complexity index is 2170. The van der Waals surface area contributed by atoms with Gasteiger partial charge < -0.3 is 34.9 Å². The van der Waals surface area contributed by atoms with Crippen LogP contribution in [0.15, 0.2) is 90.3 Å². The van der Waals surface area contributed by atoms with Crippen LogP contribution in [0.1, 0.15) is 69.1 Å². The Kier molecular flexibility index (Phi) is 12.3. The molecule has 2 aromatic heterocycles. The number of hydrogen-bond donors (Lipinski definition) is 3. The Morgan fingerprint density at radius 1 is 0.776 bits per heavy atom. The van der Waals surface area contributed by atoms with Gasteiger partial charge in [-0.05, 0) is 71.6 Å². The molecule has 0 bridgehead atoms. The number of H-pyrrole nitrogens is 1. The maximum Gasteiger partial charge on any atom is 0.407 e. The molecule has 3 N–H and O–H groups in total. The van der Waals surface area contributed by atoms with E-state index in [0.29, 0.717) is 31.0 Å². The second kappa shape index (κ2) is 17.9. The van der Waals surface area contributed by atoms with Crippen molar-refractivity contribution in [3.05, 3.63) is 102 Å². The summed E-state index contributed by atoms with van der Waals surface area (Å²) in [6, 6.07) is 20.3. The number of benzene rings is 2. The van der Waals surface area contributed by atoms with E-state index >= 15 is 0 Å². The van der Waals surface area contributed by atoms with Crippen molar-refractivity contribution in [2.75, 3.05) is 27.3 Å². The highest BCUT2D eigenvalue weighted by atomic mass is 16.5. The minimum absolute atomic E-state index is 0.0885. The molecule has 4 amide bonds. The minimum Gasteiger partial charge on any atom is -0.453 e. The number of alkyl carbamates (subject to hydrolysis) is 2. The summed E-state index contributed by atoms with van der Waals surface area (Å²) in [6.07, 6.45) is 8.28. The molecule has 7 rings (SSSR count). The Morgan fingerprint density at radius 3 is 2.03 bits per heavy atom. The largest absolute Gasteiger partial charge is 0.453 e. The number of ether oxygens (including phenoxy) is 2. The van der Waals surface area contributed by atoms with Crippen LogP contribution in [0.25, 0.3) is 28.0 Å². The lowest BCUT2D eigenvalue weighted by Gasteiger charge is -2.31. The summed E-state index contributed by atoms with van der Waals surface area (Å²) in [6.45, 7) is 5.01. The average Bonchev–Trinajstić information content (AvgIpc) is 4.09. The van der Waals surface area contributed by atoms with E-state index in [9.17, 15) is 19.2 Å². The Morgan fingerprint density at radius 2 is 1.40 bits per heavy atom. The van der Waals surface area contributed by atoms with Gasteiger partial charge in [0.25, 0.3) is 0 Å². The Hall–Kier alpha value is -6.31. The smallest absolute Gasteiger partial charge is 0.407 e. The summed E-state index contributed by atoms with van der Waals surface area (Å²) in [7, 11) is 2.57. The molecule has 3 aliphatic rings. The van der Waals surface area contributed by atoms with Crippen LogP contribution < -0.4 is 10.6 Å². The molecule has 0 unspecified atom stereocenters. The van der Waals surface area contributed by atoms with Crippen LogP contribution in [0.2, 0.25) is 0 Å². The standard InChI is InChI=1S/C44H50N8O6/c1-27(2)39(50-44(56)58-4)42(54)51-21-7-10-37(51)34-23-32(25-46-34)30-14-12-28(13-15-30)29-16-18-31(19-17-29)36-26-47-40(48-36)38-11-8-22-52(38)41(53)35(49-43(55)57-3)24-33-9-5-6-20-45-33/h5-6,9,12-20,25-27,35,37-39H,7-8,10-11,21-24H2,1-4H3,(H,47,48)(H,49,55)(H,50,56)/t35-,37-,38-,39-/m0/s1. The fourth-order valence-electron chi connectivity index (χ4n) is 8.10. The number of pyridine rings is 1. The van der Waals surface area contributed by atoms with Crippen molar-refractivity contribution in [2.45, 2.75) is 76.5 Å². The number of nitrogens with zero attached hydrogens (tertiary/aromatic N) is 5. The maximum atomic E-state index is 13.9. The number of aliphatic imine (C=N–C) groups is 1. The van der Waals surface area contributed by atoms with Gasteiger partial charge in [-0.2, -0.15) is 0 Å². The summed E-state index contributed by atoms with van der Waals surface area (Å²) in [4.78, 5) is 72.5. The minimum atomic E-state index is -0.832. The summed E-state index contributed by atoms with van der Waals surface area (Å²) >= 11 is 0. The van der Waals surface area contributed by atoms with Gasteiger partial charge in [0.15, 0.2) is 0 Å². The van der Waals surface area contributed by atoms with Crippen LogP contribution >= 0.6 is 0 Å². The number of aromatic amines is 1. The molecule has 14 heteroatoms. The molecule has 3 aliphatic heterocycles. The molecule has 2 aromatic carbocycles. The number of likely N-dealkylation sites (tertiary alicyclic amines) is 2. The highest BCUT2D eigenvalue weighted by molar-refractivity contribution is 6.04. The second-order valence-corrected chi connectivity index (χ2v) is 15.2. The van der Waals surface area contributed by atoms with E-state index in [1.807, 2.05) is 37.1 Å². The highest BCUT2D eigenvalue weighted by Crippen LogP contribution is 2.34. The van der Waals surface area contributed by atoms with Crippen molar-refractivity contribution < 1.29 is 28.7 Å². The molecule has 2 saturated heterocycles. The van der Waals surface area contributed by atoms with Crippen molar-refractivity contribution in [3.8, 4) is 22.4 Å². The zero-order valence-corrected chi connectivity index (χ0v) is 33.3. The number of allylic oxidation sites excluding steroid dienone is 1. The fraction of sp³-hybridized carbons (Fsp3) is 0.386. The number of rotatable bonds is 12. The summed E-state index contributed by atoms with van der Waals surface area (Å²) in [5.41, 5.74) is 7.80. The number of methoxy groups -OCH3 is 2. The van der Waals surface area contributed by atoms with Crippen LogP contribution in [-0.2, 0) is 25.5 Å². The number of nitrogens with one attached hydrogen (secondary N) is 3. The predicted molar refractivity (Wildman–Crippen MR) is 219 cm³/mol. The molecule has 0 spiro atoms. The maximum absolute atomic E-state index is 13.9. The average molecular weight is 787 g/mol. The van der Waals surface area contributed by atoms with E-state index in [0.717, 1.165) is 64.9 Å². The van der Waals surface area contributed by atoms with Gasteiger partial charge in [-0.1, -0.05) is 68.4 Å². The molecule has 4 aromatic rings. The van der Waals surface area contributed by atoms with Gasteiger partial charge in [0.2, 0.25) is 11.8 Å². The number of carbonyl (C=O) groups excluding carboxylic acids is 4. The highest BCUT2D eigenvalue weighted by Gasteiger charge is 2.39. The van der Waals surface area contributed by atoms with E-state index in [2.05, 4.69) is 69.1 Å². The lowest BCUT2D eigenvalue weighted by molar-refractivity contribution is -0.135. The molecule has 0 aliphatic carbocycles. The molecule has 0 radical (unpaired) electrons. The van der Waals surface area contributed by atoms with Crippen LogP contribution in [0.4, 0.5) is 9.59 Å². The first-order valence-electron chi connectivity index (χ1n) is 19.8. The lowest BCUT2D eigenvalue weighted by atomic mass is 9.95. The second-order valence-electron chi connectivity index (χ2n) is 15.2. The van der Waals surface area contributed by atoms with Crippen LogP contribution in [0.5, 0.6) is 0 Å². The topological polar surface area (TPSA) is 171 Å². The lowest BCUT2D eigenvalue weighted by Crippen LogP contribution is -2.53. The summed E-state index contributed by atoms with van der Waals surface area (Å²) < 4.78 is 9.59. The van der Waals surface area contributed by atoms with Crippen LogP contribution in [0.3, 0.4) is 0 Å². The molecule has 2 fully saturated rings. The zero-order chi connectivity index (χ0) is 40.8. The van der Waals surface area contributed by atoms with Crippen LogP contribution in [-0.4, -0.2) is 99.9 Å². The molecule has 0 saturated carbocycles. The number of amides is 4. The molecule has 14 nitrogen and oxygen atoms in total. The van der Waals surface area contributed by atoms with E-state index < -0.39 is 24.3 Å². The number of carbonyl (C=O) groups is 4. The van der Waals surface area contributed by atoms with Crippen LogP contribution in [0, 0.1) is 5.92 Å². The Labute approximate surface area is 338 Å². The molecular formula is C44H50N8O6. The predicted octanol–water partition coefficient (Wildman–Crippen LogP) is 6.33. The zero-order valence-electron chi connectivity index (χ0n) is 33.3. The van der Waals surface area contributed by atoms with Gasteiger partial charge >= 0.3 is 12.2 Å². The summed E-state index contributed by atoms with van der Waals surface area (Å²) in [5, 5.41) is 5.42. The first kappa shape index (κ1) is 39.9. The molecular weight excluding hydrogens is 737 g/mol. The third kappa shape index (κ3) is 8.80. The third-order valence-electron chi connectivity index (χ3n) is 11.2. The van der Waals surface area contributed by atoms with Crippen molar-refractivity contribution >= 4 is 35.3 Å². The summed E-state index contributed by atoms with van der Waals surface area (Å²) in [5.74, 6) is 0.301. The number of imidazole rings is 1. The molecule has 302 valence electrons. The molecule has 5 heterocycles. The first-order valence-corrected chi connectivity index (χ1v) is 19.8. The molecule has 4 atom stereocenters. The monoisotopic (exact) mass is 786 g/mol. The molecule has 58 heavy (non-hydrogen) atoms. The van der Waals surface area contributed by atoms with E-state index in [1.54, 1.807) is 23.4 Å². The van der Waals surface area contributed by atoms with Gasteiger partial charge in [0.05, 0.1) is 38.2 Å². The van der Waals surface area contributed by atoms with Crippen molar-refractivity contribution in [1.29, 1.82) is 0 Å². The number of aromatic nitrogens is 3. The van der Waals surface area contributed by atoms with Gasteiger partial charge in [0.1, 0.15) is 17.9 Å². The van der Waals surface area contributed by atoms with Crippen molar-refractivity contribution in [1.82, 2.24) is 35.4 Å². The fourth-order valence-corrected chi connectivity index (χ4v) is 8.10. The van der Waals surface area contributed by atoms with Gasteiger partial charge in [-0.25, -0.2) is 14.6 Å². The van der Waals surface area contributed by atoms with Crippen molar-refractivity contribution in [2.24, 2.45) is 10.9 Å². The van der Waals surface area contributed by atoms with E-state index in [-0.39, 0.29) is 36.2 Å². The van der Waals surface area contributed by atoms with Gasteiger partial charge in [-0.3, -0.25) is 19.6 Å². The van der Waals surface area contributed by atoms with Gasteiger partial charge in [-0.15, -0.1) is 0 Å². The quantitative estimate of drug-likeness (QED) is 0.150. The number of hydrogen-bond acceptors (Lipinski definition) is 9. The first-order chi connectivity index (χ1) is 28.1. The van der Waals surface area contributed by atoms with Crippen molar-refractivity contribution in [3.63, 3.8) is 0 Å². The third-order valence-corrected chi connectivity index (χ3v) is 11.2. The van der Waals surface area contributed by atoms with Gasteiger partial charge in [0, 0.05) is 49.7 Å². The Balaban J connectivity index is 0.972. The normalized spacial score (nSPS) is 18.7.